The maximum Gasteiger partial charge on any atom is 0.257 e. The number of hydrogen-bond acceptors (Lipinski definition) is 4. The Balaban J connectivity index is 1.40. The number of para-hydroxylation sites is 1. The minimum absolute atomic E-state index is 0.00136. The zero-order valence-electron chi connectivity index (χ0n) is 15.7. The number of carbonyl (C=O) groups excluding carboxylic acids is 1. The number of ether oxygens (including phenoxy) is 3. The second-order valence-corrected chi connectivity index (χ2v) is 7.52. The highest BCUT2D eigenvalue weighted by molar-refractivity contribution is 6.31. The number of likely N-dealkylation sites (tertiary alicyclic amines) is 1. The van der Waals surface area contributed by atoms with Crippen molar-refractivity contribution in [2.24, 2.45) is 5.92 Å². The molecule has 1 amide bonds. The van der Waals surface area contributed by atoms with Gasteiger partial charge in [0.05, 0.1) is 18.8 Å². The fourth-order valence-corrected chi connectivity index (χ4v) is 3.92. The lowest BCUT2D eigenvalue weighted by molar-refractivity contribution is -0.0956. The van der Waals surface area contributed by atoms with Crippen LogP contribution in [0.15, 0.2) is 48.5 Å². The van der Waals surface area contributed by atoms with Crippen LogP contribution in [-0.4, -0.2) is 43.4 Å². The van der Waals surface area contributed by atoms with Crippen LogP contribution in [0.3, 0.4) is 0 Å². The third-order valence-corrected chi connectivity index (χ3v) is 5.69. The predicted octanol–water partition coefficient (Wildman–Crippen LogP) is 4.14. The maximum absolute atomic E-state index is 13.1. The molecule has 2 aliphatic rings. The molecule has 0 spiro atoms. The third kappa shape index (κ3) is 4.32. The molecule has 148 valence electrons. The number of carbonyl (C=O) groups is 1. The molecule has 0 radical (unpaired) electrons. The van der Waals surface area contributed by atoms with Gasteiger partial charge in [0.1, 0.15) is 12.4 Å². The van der Waals surface area contributed by atoms with Gasteiger partial charge in [-0.15, -0.1) is 0 Å². The Morgan fingerprint density at radius 1 is 1.04 bits per heavy atom. The van der Waals surface area contributed by atoms with Crippen LogP contribution in [0.5, 0.6) is 5.75 Å². The van der Waals surface area contributed by atoms with Crippen molar-refractivity contribution in [3.05, 3.63) is 64.7 Å². The van der Waals surface area contributed by atoms with Crippen molar-refractivity contribution >= 4 is 17.5 Å². The van der Waals surface area contributed by atoms with Crippen LogP contribution < -0.4 is 4.74 Å². The summed E-state index contributed by atoms with van der Waals surface area (Å²) in [6.45, 7) is 3.06. The summed E-state index contributed by atoms with van der Waals surface area (Å²) in [5.74, 6) is 0.941. The number of halogens is 1. The molecule has 4 rings (SSSR count). The topological polar surface area (TPSA) is 48.0 Å². The van der Waals surface area contributed by atoms with Crippen LogP contribution in [0, 0.1) is 5.92 Å². The van der Waals surface area contributed by atoms with Gasteiger partial charge in [-0.1, -0.05) is 41.9 Å². The van der Waals surface area contributed by atoms with Gasteiger partial charge >= 0.3 is 0 Å². The molecule has 0 N–H and O–H groups in total. The highest BCUT2D eigenvalue weighted by Crippen LogP contribution is 2.28. The average molecular weight is 402 g/mol. The minimum Gasteiger partial charge on any atom is -0.488 e. The van der Waals surface area contributed by atoms with Crippen LogP contribution in [0.2, 0.25) is 5.02 Å². The molecule has 5 nitrogen and oxygen atoms in total. The number of piperidine rings is 1. The van der Waals surface area contributed by atoms with E-state index < -0.39 is 0 Å². The number of amides is 1. The molecule has 28 heavy (non-hydrogen) atoms. The molecule has 0 saturated carbocycles. The lowest BCUT2D eigenvalue weighted by Crippen LogP contribution is -2.41. The van der Waals surface area contributed by atoms with E-state index in [1.165, 1.54) is 0 Å². The van der Waals surface area contributed by atoms with Crippen molar-refractivity contribution in [2.45, 2.75) is 25.7 Å². The largest absolute Gasteiger partial charge is 0.488 e. The normalized spacial score (nSPS) is 18.4. The Kier molecular flexibility index (Phi) is 6.15. The SMILES string of the molecule is O=C(c1ccccc1OCc1ccccc1Cl)N1CCC(C2OCCO2)CC1. The molecule has 6 heteroatoms. The first-order chi connectivity index (χ1) is 13.7. The van der Waals surface area contributed by atoms with Crippen molar-refractivity contribution in [3.63, 3.8) is 0 Å². The van der Waals surface area contributed by atoms with Gasteiger partial charge in [-0.25, -0.2) is 0 Å². The molecule has 2 fully saturated rings. The van der Waals surface area contributed by atoms with Gasteiger partial charge in [-0.3, -0.25) is 4.79 Å². The van der Waals surface area contributed by atoms with Gasteiger partial charge in [0.25, 0.3) is 5.91 Å². The second-order valence-electron chi connectivity index (χ2n) is 7.12. The van der Waals surface area contributed by atoms with Gasteiger partial charge in [0.15, 0.2) is 6.29 Å². The molecule has 0 aliphatic carbocycles. The maximum atomic E-state index is 13.1. The van der Waals surface area contributed by atoms with Crippen molar-refractivity contribution in [2.75, 3.05) is 26.3 Å². The zero-order chi connectivity index (χ0) is 19.3. The summed E-state index contributed by atoms with van der Waals surface area (Å²) in [4.78, 5) is 15.0. The summed E-state index contributed by atoms with van der Waals surface area (Å²) < 4.78 is 17.2. The first-order valence-electron chi connectivity index (χ1n) is 9.70. The van der Waals surface area contributed by atoms with E-state index in [2.05, 4.69) is 0 Å². The lowest BCUT2D eigenvalue weighted by atomic mass is 9.95. The molecule has 2 aliphatic heterocycles. The Labute approximate surface area is 170 Å². The van der Waals surface area contributed by atoms with E-state index in [0.29, 0.717) is 55.2 Å². The van der Waals surface area contributed by atoms with E-state index in [-0.39, 0.29) is 12.2 Å². The number of rotatable bonds is 5. The molecule has 2 aromatic carbocycles. The van der Waals surface area contributed by atoms with E-state index >= 15 is 0 Å². The van der Waals surface area contributed by atoms with Crippen LogP contribution in [-0.2, 0) is 16.1 Å². The third-order valence-electron chi connectivity index (χ3n) is 5.32. The smallest absolute Gasteiger partial charge is 0.257 e. The molecule has 0 unspecified atom stereocenters. The van der Waals surface area contributed by atoms with Gasteiger partial charge in [0, 0.05) is 29.6 Å². The molecule has 0 aromatic heterocycles. The Morgan fingerprint density at radius 2 is 1.71 bits per heavy atom. The highest BCUT2D eigenvalue weighted by atomic mass is 35.5. The predicted molar refractivity (Wildman–Crippen MR) is 107 cm³/mol. The van der Waals surface area contributed by atoms with E-state index in [4.69, 9.17) is 25.8 Å². The standard InChI is InChI=1S/C22H24ClNO4/c23-19-7-3-1-5-17(19)15-28-20-8-4-2-6-18(20)21(25)24-11-9-16(10-12-24)22-26-13-14-27-22/h1-8,16,22H,9-15H2. The van der Waals surface area contributed by atoms with Crippen molar-refractivity contribution < 1.29 is 19.0 Å². The number of nitrogens with zero attached hydrogens (tertiary/aromatic N) is 1. The van der Waals surface area contributed by atoms with Gasteiger partial charge in [-0.2, -0.15) is 0 Å². The summed E-state index contributed by atoms with van der Waals surface area (Å²) in [6, 6.07) is 14.9. The van der Waals surface area contributed by atoms with Crippen LogP contribution in [0.1, 0.15) is 28.8 Å². The molecule has 2 saturated heterocycles. The summed E-state index contributed by atoms with van der Waals surface area (Å²) in [5, 5.41) is 0.657. The van der Waals surface area contributed by atoms with Crippen molar-refractivity contribution in [1.82, 2.24) is 4.90 Å². The minimum atomic E-state index is -0.108. The number of benzene rings is 2. The lowest BCUT2D eigenvalue weighted by Gasteiger charge is -2.34. The Hall–Kier alpha value is -2.08. The first-order valence-corrected chi connectivity index (χ1v) is 10.1. The quantitative estimate of drug-likeness (QED) is 0.755. The monoisotopic (exact) mass is 401 g/mol. The van der Waals surface area contributed by atoms with Crippen LogP contribution >= 0.6 is 11.6 Å². The van der Waals surface area contributed by atoms with Gasteiger partial charge in [0.2, 0.25) is 0 Å². The number of hydrogen-bond donors (Lipinski definition) is 0. The average Bonchev–Trinajstić information content (AvgIpc) is 3.28. The fraction of sp³-hybridized carbons (Fsp3) is 0.409. The van der Waals surface area contributed by atoms with Crippen LogP contribution in [0.25, 0.3) is 0 Å². The fourth-order valence-electron chi connectivity index (χ4n) is 3.73. The molecular formula is C22H24ClNO4. The first kappa shape index (κ1) is 19.2. The summed E-state index contributed by atoms with van der Waals surface area (Å²) in [5.41, 5.74) is 1.48. The summed E-state index contributed by atoms with van der Waals surface area (Å²) in [6.07, 6.45) is 1.67. The van der Waals surface area contributed by atoms with E-state index in [9.17, 15) is 4.79 Å². The highest BCUT2D eigenvalue weighted by Gasteiger charge is 2.32. The van der Waals surface area contributed by atoms with E-state index in [1.54, 1.807) is 0 Å². The van der Waals surface area contributed by atoms with Crippen molar-refractivity contribution in [3.8, 4) is 5.75 Å². The molecule has 2 heterocycles. The van der Waals surface area contributed by atoms with E-state index in [0.717, 1.165) is 18.4 Å². The molecule has 0 bridgehead atoms. The molecule has 2 aromatic rings. The Bertz CT molecular complexity index is 814. The summed E-state index contributed by atoms with van der Waals surface area (Å²) >= 11 is 6.21. The van der Waals surface area contributed by atoms with E-state index in [1.807, 2.05) is 53.4 Å². The second kappa shape index (κ2) is 8.95. The zero-order valence-corrected chi connectivity index (χ0v) is 16.4. The molecule has 0 atom stereocenters. The van der Waals surface area contributed by atoms with Gasteiger partial charge in [-0.05, 0) is 31.0 Å². The van der Waals surface area contributed by atoms with Gasteiger partial charge < -0.3 is 19.1 Å². The Morgan fingerprint density at radius 3 is 2.46 bits per heavy atom. The summed E-state index contributed by atoms with van der Waals surface area (Å²) in [7, 11) is 0. The van der Waals surface area contributed by atoms with Crippen molar-refractivity contribution in [1.29, 1.82) is 0 Å². The van der Waals surface area contributed by atoms with Crippen LogP contribution in [0.4, 0.5) is 0 Å². The molecular weight excluding hydrogens is 378 g/mol.